The van der Waals surface area contributed by atoms with E-state index in [9.17, 15) is 14.4 Å². The van der Waals surface area contributed by atoms with Gasteiger partial charge in [-0.15, -0.1) is 11.3 Å². The van der Waals surface area contributed by atoms with Gasteiger partial charge in [0.15, 0.2) is 5.13 Å². The molecule has 2 atom stereocenters. The van der Waals surface area contributed by atoms with Gasteiger partial charge in [0.1, 0.15) is 12.1 Å². The highest BCUT2D eigenvalue weighted by atomic mass is 32.1. The van der Waals surface area contributed by atoms with E-state index in [1.165, 1.54) is 11.3 Å². The summed E-state index contributed by atoms with van der Waals surface area (Å²) in [7, 11) is 0. The Hall–Kier alpha value is -3.20. The van der Waals surface area contributed by atoms with Crippen LogP contribution in [0.15, 0.2) is 35.8 Å². The maximum atomic E-state index is 13.2. The van der Waals surface area contributed by atoms with E-state index in [1.807, 2.05) is 35.8 Å². The number of thiazole rings is 1. The molecule has 3 aromatic rings. The van der Waals surface area contributed by atoms with Gasteiger partial charge in [0.2, 0.25) is 5.91 Å². The second-order valence-electron chi connectivity index (χ2n) is 10.1. The van der Waals surface area contributed by atoms with Crippen LogP contribution in [-0.2, 0) is 9.59 Å². The standard InChI is InChI=1S/C24H27N5O3S/c1-14-8-23(2,3)13-24(9-14)20(31)29(22(32)28-24)11-19(30)27-21-26-18(12-33-21)16-10-25-17-7-5-4-6-15(16)17/h4-7,10,12,14,25H,8-9,11,13H2,1-3H3,(H,28,32)(H,26,27,30). The molecule has 4 amide bonds. The van der Waals surface area contributed by atoms with Crippen molar-refractivity contribution in [2.45, 2.75) is 45.6 Å². The molecule has 0 bridgehead atoms. The molecular weight excluding hydrogens is 438 g/mol. The molecule has 2 aromatic heterocycles. The quantitative estimate of drug-likeness (QED) is 0.498. The predicted octanol–water partition coefficient (Wildman–Crippen LogP) is 4.37. The molecule has 1 aliphatic heterocycles. The van der Waals surface area contributed by atoms with E-state index in [-0.39, 0.29) is 17.9 Å². The number of aromatic nitrogens is 2. The lowest BCUT2D eigenvalue weighted by molar-refractivity contribution is -0.136. The Kier molecular flexibility index (Phi) is 5.04. The summed E-state index contributed by atoms with van der Waals surface area (Å²) in [4.78, 5) is 47.4. The van der Waals surface area contributed by atoms with Crippen molar-refractivity contribution in [3.63, 3.8) is 0 Å². The number of benzene rings is 1. The molecule has 0 radical (unpaired) electrons. The van der Waals surface area contributed by atoms with Crippen LogP contribution in [0.2, 0.25) is 0 Å². The van der Waals surface area contributed by atoms with Crippen molar-refractivity contribution >= 4 is 45.2 Å². The Morgan fingerprint density at radius 2 is 2.06 bits per heavy atom. The van der Waals surface area contributed by atoms with Gasteiger partial charge in [0.05, 0.1) is 5.69 Å². The van der Waals surface area contributed by atoms with Crippen LogP contribution in [0.1, 0.15) is 40.0 Å². The van der Waals surface area contributed by atoms with Crippen molar-refractivity contribution < 1.29 is 14.4 Å². The summed E-state index contributed by atoms with van der Waals surface area (Å²) in [6.45, 7) is 6.01. The second-order valence-corrected chi connectivity index (χ2v) is 11.0. The number of rotatable bonds is 4. The van der Waals surface area contributed by atoms with Crippen LogP contribution in [0.4, 0.5) is 9.93 Å². The van der Waals surface area contributed by atoms with Crippen molar-refractivity contribution in [2.24, 2.45) is 11.3 Å². The molecule has 9 heteroatoms. The van der Waals surface area contributed by atoms with Crippen molar-refractivity contribution in [3.05, 3.63) is 35.8 Å². The van der Waals surface area contributed by atoms with E-state index in [0.717, 1.165) is 33.5 Å². The number of amides is 4. The maximum absolute atomic E-state index is 13.2. The summed E-state index contributed by atoms with van der Waals surface area (Å²) >= 11 is 1.30. The molecule has 2 aliphatic rings. The SMILES string of the molecule is CC1CC(C)(C)CC2(C1)NC(=O)N(CC(=O)Nc1nc(-c3c[nH]c4ccccc34)cs1)C2=O. The Morgan fingerprint density at radius 1 is 1.27 bits per heavy atom. The highest BCUT2D eigenvalue weighted by Gasteiger charge is 2.56. The van der Waals surface area contributed by atoms with Gasteiger partial charge in [-0.3, -0.25) is 14.5 Å². The van der Waals surface area contributed by atoms with Crippen molar-refractivity contribution in [3.8, 4) is 11.3 Å². The van der Waals surface area contributed by atoms with Gasteiger partial charge >= 0.3 is 6.03 Å². The minimum atomic E-state index is -0.914. The molecule has 3 heterocycles. The van der Waals surface area contributed by atoms with E-state index in [1.54, 1.807) is 0 Å². The van der Waals surface area contributed by atoms with Crippen LogP contribution in [-0.4, -0.2) is 44.8 Å². The second kappa shape index (κ2) is 7.69. The lowest BCUT2D eigenvalue weighted by Crippen LogP contribution is -2.54. The lowest BCUT2D eigenvalue weighted by Gasteiger charge is -2.43. The summed E-state index contributed by atoms with van der Waals surface area (Å²) < 4.78 is 0. The van der Waals surface area contributed by atoms with Crippen molar-refractivity contribution in [2.75, 3.05) is 11.9 Å². The number of anilines is 1. The summed E-state index contributed by atoms with van der Waals surface area (Å²) in [5.41, 5.74) is 1.74. The van der Waals surface area contributed by atoms with Crippen LogP contribution >= 0.6 is 11.3 Å². The molecule has 1 saturated heterocycles. The third-order valence-corrected chi connectivity index (χ3v) is 7.30. The van der Waals surface area contributed by atoms with Gasteiger partial charge in [-0.2, -0.15) is 0 Å². The van der Waals surface area contributed by atoms with Gasteiger partial charge in [-0.05, 0) is 36.7 Å². The van der Waals surface area contributed by atoms with Crippen LogP contribution in [0.5, 0.6) is 0 Å². The maximum Gasteiger partial charge on any atom is 0.325 e. The van der Waals surface area contributed by atoms with Gasteiger partial charge in [0, 0.05) is 28.0 Å². The third kappa shape index (κ3) is 3.90. The molecule has 1 aliphatic carbocycles. The first kappa shape index (κ1) is 21.6. The minimum Gasteiger partial charge on any atom is -0.360 e. The number of urea groups is 1. The molecular formula is C24H27N5O3S. The average Bonchev–Trinajstić information content (AvgIpc) is 3.40. The molecule has 8 nitrogen and oxygen atoms in total. The van der Waals surface area contributed by atoms with Crippen LogP contribution in [0.3, 0.4) is 0 Å². The number of para-hydroxylation sites is 1. The lowest BCUT2D eigenvalue weighted by atomic mass is 9.64. The fraction of sp³-hybridized carbons (Fsp3) is 0.417. The molecule has 1 aromatic carbocycles. The normalized spacial score (nSPS) is 24.5. The topological polar surface area (TPSA) is 107 Å². The van der Waals surface area contributed by atoms with Crippen LogP contribution < -0.4 is 10.6 Å². The minimum absolute atomic E-state index is 0.0570. The molecule has 1 spiro atoms. The van der Waals surface area contributed by atoms with E-state index < -0.39 is 17.5 Å². The Bertz CT molecular complexity index is 1260. The Labute approximate surface area is 195 Å². The molecule has 2 fully saturated rings. The van der Waals surface area contributed by atoms with Crippen molar-refractivity contribution in [1.29, 1.82) is 0 Å². The van der Waals surface area contributed by atoms with Gasteiger partial charge in [-0.1, -0.05) is 39.0 Å². The summed E-state index contributed by atoms with van der Waals surface area (Å²) in [6, 6.07) is 7.43. The monoisotopic (exact) mass is 465 g/mol. The fourth-order valence-electron chi connectivity index (χ4n) is 5.69. The van der Waals surface area contributed by atoms with E-state index in [0.29, 0.717) is 23.9 Å². The molecule has 3 N–H and O–H groups in total. The summed E-state index contributed by atoms with van der Waals surface area (Å²) in [6.07, 6.45) is 4.07. The van der Waals surface area contributed by atoms with E-state index in [4.69, 9.17) is 0 Å². The number of nitrogens with one attached hydrogen (secondary N) is 3. The average molecular weight is 466 g/mol. The first-order valence-corrected chi connectivity index (χ1v) is 12.0. The van der Waals surface area contributed by atoms with Gasteiger partial charge < -0.3 is 15.6 Å². The van der Waals surface area contributed by atoms with Gasteiger partial charge in [0.25, 0.3) is 5.91 Å². The predicted molar refractivity (Wildman–Crippen MR) is 128 cm³/mol. The Balaban J connectivity index is 1.28. The first-order valence-electron chi connectivity index (χ1n) is 11.1. The zero-order chi connectivity index (χ0) is 23.4. The highest BCUT2D eigenvalue weighted by molar-refractivity contribution is 7.14. The number of carbonyl (C=O) groups excluding carboxylic acids is 3. The molecule has 1 saturated carbocycles. The van der Waals surface area contributed by atoms with E-state index in [2.05, 4.69) is 41.4 Å². The Morgan fingerprint density at radius 3 is 2.85 bits per heavy atom. The third-order valence-electron chi connectivity index (χ3n) is 6.54. The molecule has 172 valence electrons. The fourth-order valence-corrected chi connectivity index (χ4v) is 6.42. The smallest absolute Gasteiger partial charge is 0.325 e. The molecule has 5 rings (SSSR count). The first-order chi connectivity index (χ1) is 15.7. The number of nitrogens with zero attached hydrogens (tertiary/aromatic N) is 2. The molecule has 2 unspecified atom stereocenters. The van der Waals surface area contributed by atoms with E-state index >= 15 is 0 Å². The number of carbonyl (C=O) groups is 3. The van der Waals surface area contributed by atoms with Gasteiger partial charge in [-0.25, -0.2) is 9.78 Å². The van der Waals surface area contributed by atoms with Crippen LogP contribution in [0, 0.1) is 11.3 Å². The molecule has 33 heavy (non-hydrogen) atoms. The zero-order valence-corrected chi connectivity index (χ0v) is 19.7. The largest absolute Gasteiger partial charge is 0.360 e. The highest BCUT2D eigenvalue weighted by Crippen LogP contribution is 2.46. The van der Waals surface area contributed by atoms with Crippen LogP contribution in [0.25, 0.3) is 22.2 Å². The summed E-state index contributed by atoms with van der Waals surface area (Å²) in [5.74, 6) is -0.440. The number of H-pyrrole nitrogens is 1. The number of hydrogen-bond donors (Lipinski definition) is 3. The number of imide groups is 1. The number of aromatic amines is 1. The number of fused-ring (bicyclic) bond motifs is 1. The van der Waals surface area contributed by atoms with Crippen molar-refractivity contribution in [1.82, 2.24) is 20.2 Å². The number of hydrogen-bond acceptors (Lipinski definition) is 5. The zero-order valence-electron chi connectivity index (χ0n) is 18.9. The summed E-state index contributed by atoms with van der Waals surface area (Å²) in [5, 5.41) is 9.00.